The third kappa shape index (κ3) is 3.98. The van der Waals surface area contributed by atoms with Crippen molar-refractivity contribution in [2.24, 2.45) is 0 Å². The molecule has 1 heterocycles. The zero-order valence-electron chi connectivity index (χ0n) is 12.3. The Hall–Kier alpha value is -2.16. The van der Waals surface area contributed by atoms with Crippen LogP contribution in [0.1, 0.15) is 28.8 Å². The lowest BCUT2D eigenvalue weighted by atomic mass is 10.1. The number of carbonyl (C=O) groups excluding carboxylic acids is 1. The summed E-state index contributed by atoms with van der Waals surface area (Å²) in [5.41, 5.74) is -2.39. The predicted octanol–water partition coefficient (Wildman–Crippen LogP) is 2.86. The van der Waals surface area contributed by atoms with Gasteiger partial charge in [-0.05, 0) is 25.0 Å². The number of hydrogen-bond donors (Lipinski definition) is 0. The molecule has 1 atom stereocenters. The average Bonchev–Trinajstić information content (AvgIpc) is 2.97. The number of nitrogens with zero attached hydrogens (tertiary/aromatic N) is 2. The van der Waals surface area contributed by atoms with Crippen LogP contribution in [0.4, 0.5) is 18.9 Å². The van der Waals surface area contributed by atoms with E-state index >= 15 is 0 Å². The van der Waals surface area contributed by atoms with E-state index in [4.69, 9.17) is 4.74 Å². The van der Waals surface area contributed by atoms with Gasteiger partial charge < -0.3 is 9.64 Å². The first kappa shape index (κ1) is 17.2. The molecule has 6 nitrogen and oxygen atoms in total. The van der Waals surface area contributed by atoms with Crippen molar-refractivity contribution in [1.82, 2.24) is 4.90 Å². The van der Waals surface area contributed by atoms with Crippen LogP contribution in [-0.4, -0.2) is 42.0 Å². The van der Waals surface area contributed by atoms with Crippen molar-refractivity contribution in [3.05, 3.63) is 39.4 Å². The number of amides is 1. The quantitative estimate of drug-likeness (QED) is 0.628. The van der Waals surface area contributed by atoms with E-state index in [1.165, 1.54) is 11.9 Å². The van der Waals surface area contributed by atoms with Gasteiger partial charge in [0.1, 0.15) is 5.56 Å². The summed E-state index contributed by atoms with van der Waals surface area (Å²) in [5.74, 6) is -0.707. The van der Waals surface area contributed by atoms with Gasteiger partial charge in [-0.3, -0.25) is 14.9 Å². The number of benzene rings is 1. The van der Waals surface area contributed by atoms with Crippen molar-refractivity contribution in [2.75, 3.05) is 20.2 Å². The highest BCUT2D eigenvalue weighted by Crippen LogP contribution is 2.33. The summed E-state index contributed by atoms with van der Waals surface area (Å²) in [4.78, 5) is 23.6. The number of likely N-dealkylation sites (N-methyl/N-ethyl adjacent to an activating group) is 1. The number of carbonyl (C=O) groups is 1. The molecule has 1 aliphatic rings. The molecule has 2 rings (SSSR count). The third-order valence-corrected chi connectivity index (χ3v) is 3.60. The van der Waals surface area contributed by atoms with E-state index in [9.17, 15) is 28.1 Å². The fourth-order valence-corrected chi connectivity index (χ4v) is 2.42. The minimum Gasteiger partial charge on any atom is -0.376 e. The van der Waals surface area contributed by atoms with Gasteiger partial charge in [0.2, 0.25) is 0 Å². The molecule has 9 heteroatoms. The first-order valence-corrected chi connectivity index (χ1v) is 6.93. The third-order valence-electron chi connectivity index (χ3n) is 3.60. The van der Waals surface area contributed by atoms with Gasteiger partial charge in [-0.1, -0.05) is 0 Å². The second kappa shape index (κ2) is 6.53. The normalized spacial score (nSPS) is 18.0. The maximum Gasteiger partial charge on any atom is 0.416 e. The first-order valence-electron chi connectivity index (χ1n) is 6.93. The lowest BCUT2D eigenvalue weighted by molar-refractivity contribution is -0.385. The Morgan fingerprint density at radius 3 is 2.70 bits per heavy atom. The number of nitro benzene ring substituents is 1. The smallest absolute Gasteiger partial charge is 0.376 e. The zero-order valence-corrected chi connectivity index (χ0v) is 12.3. The average molecular weight is 332 g/mol. The van der Waals surface area contributed by atoms with E-state index in [2.05, 4.69) is 0 Å². The molecular weight excluding hydrogens is 317 g/mol. The van der Waals surface area contributed by atoms with Crippen LogP contribution >= 0.6 is 0 Å². The summed E-state index contributed by atoms with van der Waals surface area (Å²) in [6, 6.07) is 1.89. The van der Waals surface area contributed by atoms with E-state index < -0.39 is 28.3 Å². The van der Waals surface area contributed by atoms with E-state index in [0.717, 1.165) is 18.9 Å². The molecule has 0 N–H and O–H groups in total. The highest BCUT2D eigenvalue weighted by molar-refractivity contribution is 5.98. The molecule has 126 valence electrons. The van der Waals surface area contributed by atoms with Crippen molar-refractivity contribution in [2.45, 2.75) is 25.1 Å². The Morgan fingerprint density at radius 1 is 1.48 bits per heavy atom. The Labute approximate surface area is 130 Å². The lowest BCUT2D eigenvalue weighted by Gasteiger charge is -2.21. The topological polar surface area (TPSA) is 72.7 Å². The van der Waals surface area contributed by atoms with E-state index in [1.54, 1.807) is 0 Å². The number of nitro groups is 1. The van der Waals surface area contributed by atoms with Gasteiger partial charge in [0.25, 0.3) is 11.6 Å². The molecule has 1 saturated heterocycles. The van der Waals surface area contributed by atoms with Gasteiger partial charge in [-0.15, -0.1) is 0 Å². The van der Waals surface area contributed by atoms with Crippen molar-refractivity contribution < 1.29 is 27.6 Å². The fraction of sp³-hybridized carbons (Fsp3) is 0.500. The molecule has 0 aromatic heterocycles. The maximum atomic E-state index is 12.7. The van der Waals surface area contributed by atoms with E-state index in [-0.39, 0.29) is 18.2 Å². The fourth-order valence-electron chi connectivity index (χ4n) is 2.42. The van der Waals surface area contributed by atoms with Gasteiger partial charge in [0, 0.05) is 26.3 Å². The minimum atomic E-state index is -4.71. The maximum absolute atomic E-state index is 12.7. The van der Waals surface area contributed by atoms with E-state index in [1.807, 2.05) is 0 Å². The number of alkyl halides is 3. The van der Waals surface area contributed by atoms with Gasteiger partial charge in [0.05, 0.1) is 16.6 Å². The number of hydrogen-bond acceptors (Lipinski definition) is 4. The minimum absolute atomic E-state index is 0.155. The van der Waals surface area contributed by atoms with Gasteiger partial charge in [0.15, 0.2) is 0 Å². The SMILES string of the molecule is CN(C[C@@H]1CCCO1)C(=O)c1ccc(C(F)(F)F)cc1[N+](=O)[O-]. The Kier molecular flexibility index (Phi) is 4.88. The summed E-state index contributed by atoms with van der Waals surface area (Å²) < 4.78 is 43.4. The van der Waals surface area contributed by atoms with Crippen LogP contribution in [0.25, 0.3) is 0 Å². The van der Waals surface area contributed by atoms with Crippen LogP contribution in [-0.2, 0) is 10.9 Å². The van der Waals surface area contributed by atoms with Gasteiger partial charge in [-0.2, -0.15) is 13.2 Å². The van der Waals surface area contributed by atoms with Gasteiger partial charge in [-0.25, -0.2) is 0 Å². The van der Waals surface area contributed by atoms with Crippen molar-refractivity contribution in [3.63, 3.8) is 0 Å². The molecule has 0 radical (unpaired) electrons. The summed E-state index contributed by atoms with van der Waals surface area (Å²) in [6.45, 7) is 0.824. The first-order chi connectivity index (χ1) is 10.7. The van der Waals surface area contributed by atoms with Crippen molar-refractivity contribution in [1.29, 1.82) is 0 Å². The predicted molar refractivity (Wildman–Crippen MR) is 74.0 cm³/mol. The standard InChI is InChI=1S/C14H15F3N2O4/c1-18(8-10-3-2-6-23-10)13(20)11-5-4-9(14(15,16)17)7-12(11)19(21)22/h4-5,7,10H,2-3,6,8H2,1H3/t10-/m0/s1. The number of ether oxygens (including phenoxy) is 1. The Balaban J connectivity index is 2.26. The van der Waals surface area contributed by atoms with Crippen LogP contribution in [0, 0.1) is 10.1 Å². The molecule has 0 spiro atoms. The molecule has 0 aliphatic carbocycles. The van der Waals surface area contributed by atoms with Crippen LogP contribution in [0.5, 0.6) is 0 Å². The molecule has 1 fully saturated rings. The molecule has 1 aromatic carbocycles. The highest BCUT2D eigenvalue weighted by atomic mass is 19.4. The zero-order chi connectivity index (χ0) is 17.2. The molecule has 0 unspecified atom stereocenters. The highest BCUT2D eigenvalue weighted by Gasteiger charge is 2.34. The molecule has 1 aromatic rings. The second-order valence-corrected chi connectivity index (χ2v) is 5.31. The summed E-state index contributed by atoms with van der Waals surface area (Å²) in [5, 5.41) is 11.0. The van der Waals surface area contributed by atoms with Gasteiger partial charge >= 0.3 is 6.18 Å². The summed E-state index contributed by atoms with van der Waals surface area (Å²) in [6.07, 6.45) is -3.23. The molecule has 0 saturated carbocycles. The molecule has 0 bridgehead atoms. The number of halogens is 3. The Bertz CT molecular complexity index is 613. The van der Waals surface area contributed by atoms with Crippen LogP contribution in [0.15, 0.2) is 18.2 Å². The molecule has 23 heavy (non-hydrogen) atoms. The van der Waals surface area contributed by atoms with Crippen LogP contribution < -0.4 is 0 Å². The molecule has 1 amide bonds. The largest absolute Gasteiger partial charge is 0.416 e. The monoisotopic (exact) mass is 332 g/mol. The summed E-state index contributed by atoms with van der Waals surface area (Å²) >= 11 is 0. The molecular formula is C14H15F3N2O4. The second-order valence-electron chi connectivity index (χ2n) is 5.31. The van der Waals surface area contributed by atoms with Crippen LogP contribution in [0.2, 0.25) is 0 Å². The van der Waals surface area contributed by atoms with Crippen LogP contribution in [0.3, 0.4) is 0 Å². The summed E-state index contributed by atoms with van der Waals surface area (Å²) in [7, 11) is 1.44. The van der Waals surface area contributed by atoms with Crippen molar-refractivity contribution in [3.8, 4) is 0 Å². The lowest BCUT2D eigenvalue weighted by Crippen LogP contribution is -2.34. The Morgan fingerprint density at radius 2 is 2.17 bits per heavy atom. The van der Waals surface area contributed by atoms with E-state index in [0.29, 0.717) is 18.7 Å². The number of rotatable bonds is 4. The van der Waals surface area contributed by atoms with Crippen molar-refractivity contribution >= 4 is 11.6 Å². The molecule has 1 aliphatic heterocycles.